The Bertz CT molecular complexity index is 1770. The van der Waals surface area contributed by atoms with Gasteiger partial charge in [0.25, 0.3) is 11.2 Å². The van der Waals surface area contributed by atoms with Gasteiger partial charge >= 0.3 is 0 Å². The lowest BCUT2D eigenvalue weighted by atomic mass is 10.1. The Hall–Kier alpha value is -5.09. The summed E-state index contributed by atoms with van der Waals surface area (Å²) in [5, 5.41) is 22.1. The molecule has 3 aromatic carbocycles. The fraction of sp³-hybridized carbons (Fsp3) is 0.0357. The van der Waals surface area contributed by atoms with Crippen molar-refractivity contribution in [1.82, 2.24) is 9.55 Å². The highest BCUT2D eigenvalue weighted by Crippen LogP contribution is 2.27. The molecular formula is C28H20N4O5S. The van der Waals surface area contributed by atoms with Gasteiger partial charge in [0, 0.05) is 17.2 Å². The highest BCUT2D eigenvalue weighted by atomic mass is 32.1. The second-order valence-corrected chi connectivity index (χ2v) is 8.79. The molecule has 0 spiro atoms. The number of para-hydroxylation sites is 1. The lowest BCUT2D eigenvalue weighted by Crippen LogP contribution is -2.16. The van der Waals surface area contributed by atoms with E-state index in [-0.39, 0.29) is 21.9 Å². The van der Waals surface area contributed by atoms with Crippen molar-refractivity contribution in [3.8, 4) is 23.1 Å². The Morgan fingerprint density at radius 3 is 2.45 bits per heavy atom. The largest absolute Gasteiger partial charge is 0.494 e. The standard InChI is InChI=1S/C28H20N4O5S/c1-17-15-18(7-14-25(17)32(35)36)24-13-8-19(29-24)16-23-26(33)30-28(38)31(27(23)34)20-9-11-22(12-10-20)37-21-5-3-2-4-6-21/h2-16,34H,1H3,(H,30,33,38). The van der Waals surface area contributed by atoms with E-state index in [4.69, 9.17) is 17.0 Å². The molecule has 5 rings (SSSR count). The molecule has 0 unspecified atom stereocenters. The van der Waals surface area contributed by atoms with E-state index in [2.05, 4.69) is 9.98 Å². The minimum absolute atomic E-state index is 0.0206. The fourth-order valence-corrected chi connectivity index (χ4v) is 4.27. The second kappa shape index (κ2) is 10.1. The normalized spacial score (nSPS) is 13.5. The van der Waals surface area contributed by atoms with E-state index in [0.29, 0.717) is 39.7 Å². The molecule has 0 saturated heterocycles. The van der Waals surface area contributed by atoms with Crippen molar-refractivity contribution in [2.75, 3.05) is 0 Å². The predicted octanol–water partition coefficient (Wildman–Crippen LogP) is 6.01. The Kier molecular flexibility index (Phi) is 6.55. The number of aromatic nitrogens is 2. The van der Waals surface area contributed by atoms with Crippen LogP contribution in [0.1, 0.15) is 16.7 Å². The highest BCUT2D eigenvalue weighted by Gasteiger charge is 2.16. The summed E-state index contributed by atoms with van der Waals surface area (Å²) in [6.45, 7) is 1.66. The smallest absolute Gasteiger partial charge is 0.272 e. The molecule has 9 nitrogen and oxygen atoms in total. The molecule has 1 aliphatic rings. The van der Waals surface area contributed by atoms with E-state index in [1.807, 2.05) is 30.3 Å². The van der Waals surface area contributed by atoms with Gasteiger partial charge in [0.2, 0.25) is 5.88 Å². The average Bonchev–Trinajstić information content (AvgIpc) is 3.36. The molecule has 2 N–H and O–H groups in total. The van der Waals surface area contributed by atoms with E-state index in [0.717, 1.165) is 0 Å². The zero-order valence-corrected chi connectivity index (χ0v) is 20.8. The van der Waals surface area contributed by atoms with Crippen molar-refractivity contribution in [2.45, 2.75) is 6.92 Å². The van der Waals surface area contributed by atoms with Crippen molar-refractivity contribution < 1.29 is 14.8 Å². The number of nitrogens with zero attached hydrogens (tertiary/aromatic N) is 3. The summed E-state index contributed by atoms with van der Waals surface area (Å²) >= 11 is 5.32. The van der Waals surface area contributed by atoms with Crippen LogP contribution in [0.2, 0.25) is 0 Å². The lowest BCUT2D eigenvalue weighted by molar-refractivity contribution is -0.385. The van der Waals surface area contributed by atoms with E-state index in [1.54, 1.807) is 55.5 Å². The number of nitrogens with one attached hydrogen (secondary N) is 1. The van der Waals surface area contributed by atoms with Crippen LogP contribution in [0.15, 0.2) is 100 Å². The maximum atomic E-state index is 12.7. The Balaban J connectivity index is 1.46. The number of hydrogen-bond donors (Lipinski definition) is 2. The van der Waals surface area contributed by atoms with E-state index in [1.165, 1.54) is 16.7 Å². The minimum atomic E-state index is -0.566. The van der Waals surface area contributed by atoms with Crippen LogP contribution in [0.5, 0.6) is 17.4 Å². The number of aryl methyl sites for hydroxylation is 1. The van der Waals surface area contributed by atoms with Crippen molar-refractivity contribution in [2.24, 2.45) is 4.99 Å². The molecule has 38 heavy (non-hydrogen) atoms. The SMILES string of the molecule is Cc1cc(C2=NC(=Cc3c(O)n(-c4ccc(Oc5ccccc5)cc4)c(=S)[nH]c3=O)C=C2)ccc1[N+](=O)[O-]. The number of aromatic hydroxyl groups is 1. The maximum Gasteiger partial charge on any atom is 0.272 e. The zero-order chi connectivity index (χ0) is 26.8. The third kappa shape index (κ3) is 4.93. The molecule has 0 bridgehead atoms. The van der Waals surface area contributed by atoms with Gasteiger partial charge in [-0.1, -0.05) is 18.2 Å². The summed E-state index contributed by atoms with van der Waals surface area (Å²) in [6.07, 6.45) is 4.87. The van der Waals surface area contributed by atoms with Crippen molar-refractivity contribution in [3.05, 3.63) is 133 Å². The molecule has 0 fully saturated rings. The molecule has 0 amide bonds. The van der Waals surface area contributed by atoms with Crippen LogP contribution in [0.3, 0.4) is 0 Å². The third-order valence-corrected chi connectivity index (χ3v) is 6.12. The fourth-order valence-electron chi connectivity index (χ4n) is 3.98. The first-order valence-corrected chi connectivity index (χ1v) is 11.9. The number of aliphatic imine (C=N–C) groups is 1. The van der Waals surface area contributed by atoms with Gasteiger partial charge in [0.1, 0.15) is 17.1 Å². The Morgan fingerprint density at radius 1 is 1.05 bits per heavy atom. The van der Waals surface area contributed by atoms with Crippen molar-refractivity contribution >= 4 is 29.7 Å². The summed E-state index contributed by atoms with van der Waals surface area (Å²) in [5.41, 5.74) is 2.17. The van der Waals surface area contributed by atoms with E-state index in [9.17, 15) is 20.0 Å². The van der Waals surface area contributed by atoms with Gasteiger partial charge in [-0.05, 0) is 85.9 Å². The number of rotatable bonds is 6. The van der Waals surface area contributed by atoms with Crippen LogP contribution in [0.4, 0.5) is 5.69 Å². The van der Waals surface area contributed by atoms with Crippen LogP contribution in [-0.4, -0.2) is 25.3 Å². The van der Waals surface area contributed by atoms with Gasteiger partial charge in [-0.3, -0.25) is 24.5 Å². The number of nitro benzene ring substituents is 1. The Morgan fingerprint density at radius 2 is 1.76 bits per heavy atom. The summed E-state index contributed by atoms with van der Waals surface area (Å²) < 4.78 is 7.18. The molecule has 1 aliphatic heterocycles. The quantitative estimate of drug-likeness (QED) is 0.181. The predicted molar refractivity (Wildman–Crippen MR) is 147 cm³/mol. The van der Waals surface area contributed by atoms with Crippen molar-refractivity contribution in [1.29, 1.82) is 0 Å². The van der Waals surface area contributed by atoms with Gasteiger partial charge < -0.3 is 9.84 Å². The first kappa shape index (κ1) is 24.6. The van der Waals surface area contributed by atoms with Crippen molar-refractivity contribution in [3.63, 3.8) is 0 Å². The minimum Gasteiger partial charge on any atom is -0.494 e. The van der Waals surface area contributed by atoms with Crippen LogP contribution >= 0.6 is 12.2 Å². The summed E-state index contributed by atoms with van der Waals surface area (Å²) in [5.74, 6) is 0.939. The molecule has 188 valence electrons. The molecule has 2 heterocycles. The monoisotopic (exact) mass is 524 g/mol. The van der Waals surface area contributed by atoms with Crippen LogP contribution in [0.25, 0.3) is 11.8 Å². The molecule has 0 saturated carbocycles. The molecule has 0 aliphatic carbocycles. The summed E-state index contributed by atoms with van der Waals surface area (Å²) in [6, 6.07) is 20.9. The third-order valence-electron chi connectivity index (χ3n) is 5.84. The maximum absolute atomic E-state index is 12.7. The number of allylic oxidation sites excluding steroid dienone is 2. The first-order valence-electron chi connectivity index (χ1n) is 11.5. The number of nitro groups is 1. The molecule has 0 radical (unpaired) electrons. The van der Waals surface area contributed by atoms with E-state index < -0.39 is 10.5 Å². The van der Waals surface area contributed by atoms with Gasteiger partial charge in [0.05, 0.1) is 22.0 Å². The topological polar surface area (TPSA) is 123 Å². The Labute approximate surface area is 221 Å². The molecule has 1 aromatic heterocycles. The van der Waals surface area contributed by atoms with Gasteiger partial charge in [-0.15, -0.1) is 0 Å². The summed E-state index contributed by atoms with van der Waals surface area (Å²) in [4.78, 5) is 30.5. The average molecular weight is 525 g/mol. The number of ether oxygens (including phenoxy) is 1. The second-order valence-electron chi connectivity index (χ2n) is 8.40. The highest BCUT2D eigenvalue weighted by molar-refractivity contribution is 7.71. The number of benzene rings is 3. The number of aromatic amines is 1. The van der Waals surface area contributed by atoms with Crippen LogP contribution in [0, 0.1) is 21.8 Å². The molecular weight excluding hydrogens is 504 g/mol. The number of hydrogen-bond acceptors (Lipinski definition) is 7. The van der Waals surface area contributed by atoms with Gasteiger partial charge in [-0.25, -0.2) is 4.99 Å². The van der Waals surface area contributed by atoms with Crippen LogP contribution < -0.4 is 10.3 Å². The summed E-state index contributed by atoms with van der Waals surface area (Å²) in [7, 11) is 0. The van der Waals surface area contributed by atoms with Gasteiger partial charge in [-0.2, -0.15) is 0 Å². The van der Waals surface area contributed by atoms with E-state index >= 15 is 0 Å². The molecule has 10 heteroatoms. The first-order chi connectivity index (χ1) is 18.3. The molecule has 0 atom stereocenters. The lowest BCUT2D eigenvalue weighted by Gasteiger charge is -2.12. The van der Waals surface area contributed by atoms with Gasteiger partial charge in [0.15, 0.2) is 4.77 Å². The number of H-pyrrole nitrogens is 1. The molecule has 4 aromatic rings. The zero-order valence-electron chi connectivity index (χ0n) is 20.0. The van der Waals surface area contributed by atoms with Crippen LogP contribution in [-0.2, 0) is 0 Å².